The van der Waals surface area contributed by atoms with E-state index in [9.17, 15) is 4.21 Å². The fourth-order valence-corrected chi connectivity index (χ4v) is 3.65. The summed E-state index contributed by atoms with van der Waals surface area (Å²) in [5, 5.41) is 4.11. The summed E-state index contributed by atoms with van der Waals surface area (Å²) < 4.78 is 17.7. The summed E-state index contributed by atoms with van der Waals surface area (Å²) in [5.74, 6) is 1.30. The minimum absolute atomic E-state index is 0.562. The molecule has 0 bridgehead atoms. The highest BCUT2D eigenvalue weighted by atomic mass is 32.2. The van der Waals surface area contributed by atoms with E-state index in [1.54, 1.807) is 29.5 Å². The van der Waals surface area contributed by atoms with Crippen molar-refractivity contribution in [2.75, 3.05) is 18.1 Å². The molecule has 1 aromatic heterocycles. The number of aryl methyl sites for hydroxylation is 1. The second kappa shape index (κ2) is 6.73. The molecule has 3 nitrogen and oxygen atoms in total. The van der Waals surface area contributed by atoms with E-state index < -0.39 is 10.8 Å². The number of rotatable bonds is 6. The van der Waals surface area contributed by atoms with E-state index in [-0.39, 0.29) is 0 Å². The number of anilines is 1. The highest BCUT2D eigenvalue weighted by molar-refractivity contribution is 7.85. The number of ether oxygens (including phenoxy) is 1. The molecule has 0 saturated heterocycles. The number of nitrogens with two attached hydrogens (primary N) is 1. The van der Waals surface area contributed by atoms with Gasteiger partial charge in [0.1, 0.15) is 5.75 Å². The minimum Gasteiger partial charge on any atom is -0.494 e. The Bertz CT molecular complexity index is 553. The van der Waals surface area contributed by atoms with Crippen molar-refractivity contribution in [2.24, 2.45) is 0 Å². The first-order valence-electron chi connectivity index (χ1n) is 6.12. The van der Waals surface area contributed by atoms with Crippen molar-refractivity contribution >= 4 is 27.8 Å². The second-order valence-corrected chi connectivity index (χ2v) is 6.38. The molecule has 1 heterocycles. The third kappa shape index (κ3) is 3.81. The van der Waals surface area contributed by atoms with Crippen LogP contribution in [0.2, 0.25) is 0 Å². The fourth-order valence-electron chi connectivity index (χ4n) is 1.72. The van der Waals surface area contributed by atoms with Crippen LogP contribution in [0.4, 0.5) is 5.69 Å². The van der Waals surface area contributed by atoms with Crippen LogP contribution in [0.15, 0.2) is 39.9 Å². The summed E-state index contributed by atoms with van der Waals surface area (Å²) in [4.78, 5) is 0.668. The topological polar surface area (TPSA) is 52.3 Å². The second-order valence-electron chi connectivity index (χ2n) is 4.06. The molecule has 2 rings (SSSR count). The molecule has 0 spiro atoms. The lowest BCUT2D eigenvalue weighted by molar-refractivity contribution is 0.339. The summed E-state index contributed by atoms with van der Waals surface area (Å²) in [6, 6.07) is 7.39. The maximum absolute atomic E-state index is 12.3. The van der Waals surface area contributed by atoms with Crippen LogP contribution in [-0.4, -0.2) is 16.6 Å². The van der Waals surface area contributed by atoms with Crippen molar-refractivity contribution in [1.82, 2.24) is 0 Å². The van der Waals surface area contributed by atoms with Crippen LogP contribution >= 0.6 is 11.3 Å². The predicted molar refractivity (Wildman–Crippen MR) is 81.3 cm³/mol. The van der Waals surface area contributed by atoms with Gasteiger partial charge in [0.25, 0.3) is 0 Å². The Morgan fingerprint density at radius 2 is 2.21 bits per heavy atom. The van der Waals surface area contributed by atoms with Crippen molar-refractivity contribution in [1.29, 1.82) is 0 Å². The zero-order valence-corrected chi connectivity index (χ0v) is 12.4. The maximum Gasteiger partial charge on any atom is 0.120 e. The van der Waals surface area contributed by atoms with Crippen LogP contribution in [-0.2, 0) is 17.2 Å². The number of thiophene rings is 1. The van der Waals surface area contributed by atoms with Crippen molar-refractivity contribution in [3.8, 4) is 5.75 Å². The molecule has 0 fully saturated rings. The number of hydrogen-bond donors (Lipinski definition) is 1. The lowest BCUT2D eigenvalue weighted by Crippen LogP contribution is -2.05. The van der Waals surface area contributed by atoms with Crippen LogP contribution in [0.3, 0.4) is 0 Å². The fraction of sp³-hybridized carbons (Fsp3) is 0.286. The first kappa shape index (κ1) is 14.1. The Balaban J connectivity index is 2.07. The standard InChI is InChI=1S/C14H17NO2S2/c1-2-17-12-3-4-13(15)14(9-12)19(16)8-6-11-5-7-18-10-11/h3-5,7,9-10H,2,6,8,15H2,1H3. The van der Waals surface area contributed by atoms with Gasteiger partial charge < -0.3 is 10.5 Å². The minimum atomic E-state index is -1.09. The zero-order valence-electron chi connectivity index (χ0n) is 10.8. The molecule has 0 amide bonds. The largest absolute Gasteiger partial charge is 0.494 e. The molecule has 2 aromatic rings. The van der Waals surface area contributed by atoms with Gasteiger partial charge in [-0.1, -0.05) is 0 Å². The molecule has 1 atom stereocenters. The van der Waals surface area contributed by atoms with Crippen LogP contribution < -0.4 is 10.5 Å². The van der Waals surface area contributed by atoms with Gasteiger partial charge in [-0.05, 0) is 53.9 Å². The Morgan fingerprint density at radius 3 is 2.89 bits per heavy atom. The number of nitrogen functional groups attached to an aromatic ring is 1. The summed E-state index contributed by atoms with van der Waals surface area (Å²) in [7, 11) is -1.09. The highest BCUT2D eigenvalue weighted by Gasteiger charge is 2.10. The van der Waals surface area contributed by atoms with Crippen molar-refractivity contribution in [2.45, 2.75) is 18.2 Å². The SMILES string of the molecule is CCOc1ccc(N)c(S(=O)CCc2ccsc2)c1. The first-order chi connectivity index (χ1) is 9.20. The summed E-state index contributed by atoms with van der Waals surface area (Å²) in [5.41, 5.74) is 7.67. The quantitative estimate of drug-likeness (QED) is 0.833. The third-order valence-electron chi connectivity index (χ3n) is 2.70. The van der Waals surface area contributed by atoms with Gasteiger partial charge in [-0.3, -0.25) is 4.21 Å². The maximum atomic E-state index is 12.3. The highest BCUT2D eigenvalue weighted by Crippen LogP contribution is 2.23. The van der Waals surface area contributed by atoms with Gasteiger partial charge in [0.05, 0.1) is 22.3 Å². The van der Waals surface area contributed by atoms with Gasteiger partial charge in [0.2, 0.25) is 0 Å². The Hall–Kier alpha value is -1.33. The Kier molecular flexibility index (Phi) is 4.99. The van der Waals surface area contributed by atoms with Crippen LogP contribution in [0.1, 0.15) is 12.5 Å². The van der Waals surface area contributed by atoms with E-state index in [0.29, 0.717) is 22.9 Å². The van der Waals surface area contributed by atoms with Gasteiger partial charge in [-0.25, -0.2) is 0 Å². The van der Waals surface area contributed by atoms with Gasteiger partial charge in [0, 0.05) is 11.4 Å². The molecule has 0 saturated carbocycles. The molecule has 102 valence electrons. The molecular weight excluding hydrogens is 278 g/mol. The molecule has 19 heavy (non-hydrogen) atoms. The van der Waals surface area contributed by atoms with E-state index in [1.807, 2.05) is 12.3 Å². The molecule has 0 aliphatic heterocycles. The van der Waals surface area contributed by atoms with Crippen LogP contribution in [0, 0.1) is 0 Å². The predicted octanol–water partition coefficient (Wildman–Crippen LogP) is 3.08. The molecule has 0 aliphatic rings. The van der Waals surface area contributed by atoms with Crippen molar-refractivity contribution in [3.63, 3.8) is 0 Å². The van der Waals surface area contributed by atoms with E-state index in [4.69, 9.17) is 10.5 Å². The van der Waals surface area contributed by atoms with Crippen molar-refractivity contribution < 1.29 is 8.95 Å². The lowest BCUT2D eigenvalue weighted by Gasteiger charge is -2.09. The van der Waals surface area contributed by atoms with E-state index in [1.165, 1.54) is 5.56 Å². The average Bonchev–Trinajstić information content (AvgIpc) is 2.92. The molecule has 0 radical (unpaired) electrons. The van der Waals surface area contributed by atoms with E-state index >= 15 is 0 Å². The van der Waals surface area contributed by atoms with Gasteiger partial charge in [-0.2, -0.15) is 11.3 Å². The smallest absolute Gasteiger partial charge is 0.120 e. The number of hydrogen-bond acceptors (Lipinski definition) is 4. The monoisotopic (exact) mass is 295 g/mol. The van der Waals surface area contributed by atoms with Gasteiger partial charge in [0.15, 0.2) is 0 Å². The first-order valence-corrected chi connectivity index (χ1v) is 8.38. The normalized spacial score (nSPS) is 12.3. The molecule has 0 aliphatic carbocycles. The van der Waals surface area contributed by atoms with Crippen molar-refractivity contribution in [3.05, 3.63) is 40.6 Å². The Morgan fingerprint density at radius 1 is 1.37 bits per heavy atom. The molecular formula is C14H17NO2S2. The average molecular weight is 295 g/mol. The van der Waals surface area contributed by atoms with E-state index in [0.717, 1.165) is 12.2 Å². The summed E-state index contributed by atoms with van der Waals surface area (Å²) in [6.45, 7) is 2.51. The van der Waals surface area contributed by atoms with Gasteiger partial charge in [-0.15, -0.1) is 0 Å². The molecule has 1 unspecified atom stereocenters. The van der Waals surface area contributed by atoms with E-state index in [2.05, 4.69) is 11.4 Å². The zero-order chi connectivity index (χ0) is 13.7. The third-order valence-corrected chi connectivity index (χ3v) is 4.85. The summed E-state index contributed by atoms with van der Waals surface area (Å²) >= 11 is 1.66. The van der Waals surface area contributed by atoms with Gasteiger partial charge >= 0.3 is 0 Å². The van der Waals surface area contributed by atoms with Crippen LogP contribution in [0.5, 0.6) is 5.75 Å². The summed E-state index contributed by atoms with van der Waals surface area (Å²) in [6.07, 6.45) is 0.800. The van der Waals surface area contributed by atoms with Crippen LogP contribution in [0.25, 0.3) is 0 Å². The Labute approximate surface area is 119 Å². The number of benzene rings is 1. The molecule has 5 heteroatoms. The molecule has 2 N–H and O–H groups in total. The lowest BCUT2D eigenvalue weighted by atomic mass is 10.3. The molecule has 1 aromatic carbocycles.